The largest absolute Gasteiger partial charge is 0.435 e. The summed E-state index contributed by atoms with van der Waals surface area (Å²) < 4.78 is 32.3. The first-order valence-corrected chi connectivity index (χ1v) is 13.3. The number of fused-ring (bicyclic) bond motifs is 1. The summed E-state index contributed by atoms with van der Waals surface area (Å²) in [5.41, 5.74) is 8.56. The van der Waals surface area contributed by atoms with E-state index in [0.717, 1.165) is 5.56 Å². The molecule has 6 rings (SSSR count). The summed E-state index contributed by atoms with van der Waals surface area (Å²) in [4.78, 5) is 37.5. The maximum absolute atomic E-state index is 13.5. The molecule has 0 aliphatic carbocycles. The van der Waals surface area contributed by atoms with Crippen molar-refractivity contribution in [3.8, 4) is 11.6 Å². The van der Waals surface area contributed by atoms with E-state index < -0.39 is 12.6 Å². The van der Waals surface area contributed by atoms with Gasteiger partial charge in [0.1, 0.15) is 11.2 Å². The van der Waals surface area contributed by atoms with Crippen molar-refractivity contribution >= 4 is 34.4 Å². The van der Waals surface area contributed by atoms with Crippen LogP contribution in [-0.2, 0) is 4.79 Å². The number of benzene rings is 2. The molecule has 4 aromatic rings. The Balaban J connectivity index is 1.17. The van der Waals surface area contributed by atoms with Gasteiger partial charge in [0.15, 0.2) is 11.4 Å². The highest BCUT2D eigenvalue weighted by Gasteiger charge is 2.34. The van der Waals surface area contributed by atoms with Gasteiger partial charge in [0, 0.05) is 50.6 Å². The minimum atomic E-state index is -2.80. The molecule has 0 spiro atoms. The fourth-order valence-electron chi connectivity index (χ4n) is 5.04. The van der Waals surface area contributed by atoms with Crippen LogP contribution in [0.5, 0.6) is 0 Å². The van der Waals surface area contributed by atoms with Gasteiger partial charge in [0.05, 0.1) is 6.04 Å². The normalized spacial score (nSPS) is 16.4. The summed E-state index contributed by atoms with van der Waals surface area (Å²) in [7, 11) is 0. The Morgan fingerprint density at radius 1 is 1.02 bits per heavy atom. The number of carbonyl (C=O) groups excluding carboxylic acids is 2. The third kappa shape index (κ3) is 5.62. The Morgan fingerprint density at radius 3 is 2.52 bits per heavy atom. The van der Waals surface area contributed by atoms with Gasteiger partial charge in [-0.1, -0.05) is 30.3 Å². The highest BCUT2D eigenvalue weighted by atomic mass is 19.3. The van der Waals surface area contributed by atoms with E-state index >= 15 is 0 Å². The Hall–Kier alpha value is -4.95. The van der Waals surface area contributed by atoms with Gasteiger partial charge in [0.25, 0.3) is 5.91 Å². The van der Waals surface area contributed by atoms with E-state index in [4.69, 9.17) is 4.42 Å². The topological polar surface area (TPSA) is 131 Å². The van der Waals surface area contributed by atoms with Crippen LogP contribution >= 0.6 is 0 Å². The predicted molar refractivity (Wildman–Crippen MR) is 150 cm³/mol. The van der Waals surface area contributed by atoms with E-state index in [0.29, 0.717) is 65.2 Å². The highest BCUT2D eigenvalue weighted by molar-refractivity contribution is 5.95. The van der Waals surface area contributed by atoms with Crippen molar-refractivity contribution in [1.29, 1.82) is 0 Å². The average molecular weight is 576 g/mol. The van der Waals surface area contributed by atoms with Gasteiger partial charge in [-0.25, -0.2) is 4.98 Å². The van der Waals surface area contributed by atoms with Gasteiger partial charge < -0.3 is 14.6 Å². The standard InChI is InChI=1S/C28H27F2N9O3/c1-17(40)32-20-7-8-23-21(16-20)33-26(42-23)22-15-19(9-10-31-22)27(41)38-13-11-37(12-14-38)24(18-5-3-2-4-6-18)25-34-36-39(35-25)28(29)30/h2-10,15-16,24,28,36H,11-14H2,1H3,(H,32,40)(H,34,35)/t24-/m0/s1. The molecular weight excluding hydrogens is 548 g/mol. The summed E-state index contributed by atoms with van der Waals surface area (Å²) >= 11 is 0. The van der Waals surface area contributed by atoms with E-state index in [1.165, 1.54) is 13.1 Å². The van der Waals surface area contributed by atoms with Crippen LogP contribution in [0.2, 0.25) is 0 Å². The Morgan fingerprint density at radius 2 is 1.81 bits per heavy atom. The minimum Gasteiger partial charge on any atom is -0.435 e. The summed E-state index contributed by atoms with van der Waals surface area (Å²) in [5.74, 6) is 0.247. The molecule has 4 heterocycles. The number of nitrogens with one attached hydrogen (secondary N) is 3. The number of anilines is 1. The zero-order chi connectivity index (χ0) is 29.2. The molecule has 1 fully saturated rings. The third-order valence-corrected chi connectivity index (χ3v) is 6.97. The molecule has 0 saturated carbocycles. The van der Waals surface area contributed by atoms with Crippen molar-refractivity contribution in [2.24, 2.45) is 5.10 Å². The van der Waals surface area contributed by atoms with Crippen LogP contribution < -0.4 is 16.3 Å². The first kappa shape index (κ1) is 27.2. The molecule has 0 bridgehead atoms. The zero-order valence-electron chi connectivity index (χ0n) is 22.5. The van der Waals surface area contributed by atoms with Crippen molar-refractivity contribution in [2.45, 2.75) is 19.5 Å². The summed E-state index contributed by atoms with van der Waals surface area (Å²) in [6, 6.07) is 17.5. The number of hydrogen-bond acceptors (Lipinski definition) is 10. The number of aromatic nitrogens is 2. The number of halogens is 2. The number of piperazine rings is 1. The monoisotopic (exact) mass is 575 g/mol. The smallest absolute Gasteiger partial charge is 0.344 e. The van der Waals surface area contributed by atoms with E-state index in [1.807, 2.05) is 30.3 Å². The number of oxazole rings is 1. The number of carbonyl (C=O) groups is 2. The maximum atomic E-state index is 13.5. The quantitative estimate of drug-likeness (QED) is 0.284. The van der Waals surface area contributed by atoms with Crippen LogP contribution in [0.3, 0.4) is 0 Å². The molecular formula is C28H27F2N9O3. The third-order valence-electron chi connectivity index (χ3n) is 6.97. The lowest BCUT2D eigenvalue weighted by atomic mass is 10.0. The van der Waals surface area contributed by atoms with Crippen molar-refractivity contribution < 1.29 is 22.8 Å². The molecule has 14 heteroatoms. The summed E-state index contributed by atoms with van der Waals surface area (Å²) in [5, 5.41) is 7.22. The molecule has 2 aliphatic rings. The molecule has 0 unspecified atom stereocenters. The molecule has 0 radical (unpaired) electrons. The fraction of sp³-hybridized carbons (Fsp3) is 0.250. The highest BCUT2D eigenvalue weighted by Crippen LogP contribution is 2.28. The van der Waals surface area contributed by atoms with Gasteiger partial charge in [-0.3, -0.25) is 24.9 Å². The molecule has 2 aliphatic heterocycles. The Kier molecular flexibility index (Phi) is 7.46. The second kappa shape index (κ2) is 11.5. The maximum Gasteiger partial charge on any atom is 0.344 e. The SMILES string of the molecule is CC(=O)Nc1ccc2oc(-c3cc(C(=O)N4CCN([C@H](C5=NN(C(F)F)NN5)c5ccccc5)CC4)ccn3)nc2c1. The molecule has 2 amide bonds. The minimum absolute atomic E-state index is 0.166. The molecule has 2 aromatic heterocycles. The van der Waals surface area contributed by atoms with E-state index in [-0.39, 0.29) is 17.7 Å². The van der Waals surface area contributed by atoms with Gasteiger partial charge in [-0.05, 0) is 35.9 Å². The van der Waals surface area contributed by atoms with Crippen LogP contribution in [0.15, 0.2) is 76.4 Å². The summed E-state index contributed by atoms with van der Waals surface area (Å²) in [6.07, 6.45) is 1.54. The molecule has 3 N–H and O–H groups in total. The van der Waals surface area contributed by atoms with Gasteiger partial charge in [-0.15, -0.1) is 15.8 Å². The number of hydrogen-bond donors (Lipinski definition) is 3. The predicted octanol–water partition coefficient (Wildman–Crippen LogP) is 3.21. The lowest BCUT2D eigenvalue weighted by molar-refractivity contribution is -0.114. The molecule has 12 nitrogen and oxygen atoms in total. The van der Waals surface area contributed by atoms with Crippen molar-refractivity contribution in [2.75, 3.05) is 31.5 Å². The molecule has 1 saturated heterocycles. The number of amides is 2. The Labute approximate surface area is 238 Å². The first-order chi connectivity index (χ1) is 20.4. The molecule has 216 valence electrons. The van der Waals surface area contributed by atoms with E-state index in [2.05, 4.69) is 36.2 Å². The van der Waals surface area contributed by atoms with Crippen molar-refractivity contribution in [3.63, 3.8) is 0 Å². The van der Waals surface area contributed by atoms with Crippen LogP contribution in [-0.4, -0.2) is 75.3 Å². The number of hydrazone groups is 1. The van der Waals surface area contributed by atoms with Crippen molar-refractivity contribution in [3.05, 3.63) is 78.0 Å². The van der Waals surface area contributed by atoms with Crippen LogP contribution in [0.4, 0.5) is 14.5 Å². The number of rotatable bonds is 7. The zero-order valence-corrected chi connectivity index (χ0v) is 22.5. The first-order valence-electron chi connectivity index (χ1n) is 13.3. The van der Waals surface area contributed by atoms with Crippen LogP contribution in [0.1, 0.15) is 28.9 Å². The second-order valence-corrected chi connectivity index (χ2v) is 9.80. The van der Waals surface area contributed by atoms with Crippen LogP contribution in [0.25, 0.3) is 22.7 Å². The molecule has 42 heavy (non-hydrogen) atoms. The molecule has 2 aromatic carbocycles. The summed E-state index contributed by atoms with van der Waals surface area (Å²) in [6.45, 7) is 0.471. The number of amidine groups is 1. The number of pyridine rings is 1. The van der Waals surface area contributed by atoms with Gasteiger partial charge in [-0.2, -0.15) is 8.78 Å². The van der Waals surface area contributed by atoms with E-state index in [9.17, 15) is 18.4 Å². The average Bonchev–Trinajstić information content (AvgIpc) is 3.66. The van der Waals surface area contributed by atoms with Gasteiger partial charge in [0.2, 0.25) is 11.8 Å². The van der Waals surface area contributed by atoms with Crippen LogP contribution in [0, 0.1) is 0 Å². The van der Waals surface area contributed by atoms with Gasteiger partial charge >= 0.3 is 6.55 Å². The Bertz CT molecular complexity index is 1640. The number of alkyl halides is 2. The number of hydrazine groups is 2. The number of nitrogens with zero attached hydrogens (tertiary/aromatic N) is 6. The lowest BCUT2D eigenvalue weighted by Crippen LogP contribution is -2.52. The second-order valence-electron chi connectivity index (χ2n) is 9.80. The fourth-order valence-corrected chi connectivity index (χ4v) is 5.04. The lowest BCUT2D eigenvalue weighted by Gasteiger charge is -2.39. The molecule has 1 atom stereocenters. The van der Waals surface area contributed by atoms with Crippen molar-refractivity contribution in [1.82, 2.24) is 35.8 Å². The van der Waals surface area contributed by atoms with E-state index in [1.54, 1.807) is 35.2 Å².